The SMILES string of the molecule is Cc1ccccc1/N=C(/c1ccccc1)C(C)c1cc(-c2ccccc2)cc(-c2ccc(-c3nc4ccccn4c3-c3ccccc3)cc2)c1. The molecule has 0 spiro atoms. The lowest BCUT2D eigenvalue weighted by molar-refractivity contribution is 1.02. The van der Waals surface area contributed by atoms with Crippen molar-refractivity contribution in [1.82, 2.24) is 9.38 Å². The van der Waals surface area contributed by atoms with Crippen LogP contribution in [0.15, 0.2) is 187 Å². The van der Waals surface area contributed by atoms with Crippen LogP contribution >= 0.6 is 0 Å². The number of aromatic nitrogens is 2. The summed E-state index contributed by atoms with van der Waals surface area (Å²) in [7, 11) is 0. The Kier molecular flexibility index (Phi) is 8.46. The Balaban J connectivity index is 1.24. The van der Waals surface area contributed by atoms with Crippen molar-refractivity contribution in [1.29, 1.82) is 0 Å². The topological polar surface area (TPSA) is 29.7 Å². The van der Waals surface area contributed by atoms with Crippen LogP contribution in [0.1, 0.15) is 29.5 Å². The minimum atomic E-state index is 0.0325. The number of aryl methyl sites for hydroxylation is 1. The standard InChI is InChI=1S/C47H37N3/c1-33-16-12-13-23-43(33)48-45(37-19-8-4-9-20-37)34(2)40-30-41(35-17-6-3-7-18-35)32-42(31-40)36-25-27-38(28-26-36)46-47(39-21-10-5-11-22-39)50-29-15-14-24-44(50)49-46/h3-32,34H,1-2H3/b48-45+. The molecule has 2 aromatic heterocycles. The first-order valence-electron chi connectivity index (χ1n) is 17.2. The molecule has 0 radical (unpaired) electrons. The maximum atomic E-state index is 5.31. The fourth-order valence-corrected chi connectivity index (χ4v) is 6.75. The first kappa shape index (κ1) is 31.0. The van der Waals surface area contributed by atoms with Gasteiger partial charge in [-0.2, -0.15) is 0 Å². The molecule has 0 N–H and O–H groups in total. The van der Waals surface area contributed by atoms with Crippen molar-refractivity contribution in [2.45, 2.75) is 19.8 Å². The quantitative estimate of drug-likeness (QED) is 0.152. The average Bonchev–Trinajstić information content (AvgIpc) is 3.58. The largest absolute Gasteiger partial charge is 0.299 e. The van der Waals surface area contributed by atoms with Gasteiger partial charge in [-0.05, 0) is 70.1 Å². The minimum absolute atomic E-state index is 0.0325. The van der Waals surface area contributed by atoms with Crippen LogP contribution in [-0.2, 0) is 0 Å². The third-order valence-electron chi connectivity index (χ3n) is 9.47. The van der Waals surface area contributed by atoms with Gasteiger partial charge in [0.25, 0.3) is 0 Å². The number of nitrogens with zero attached hydrogens (tertiary/aromatic N) is 3. The van der Waals surface area contributed by atoms with Crippen molar-refractivity contribution in [2.75, 3.05) is 0 Å². The van der Waals surface area contributed by atoms with E-state index in [1.165, 1.54) is 22.3 Å². The average molecular weight is 644 g/mol. The minimum Gasteiger partial charge on any atom is -0.299 e. The first-order chi connectivity index (χ1) is 24.6. The fraction of sp³-hybridized carbons (Fsp3) is 0.0638. The Labute approximate surface area is 293 Å². The van der Waals surface area contributed by atoms with E-state index in [0.29, 0.717) is 0 Å². The van der Waals surface area contributed by atoms with Gasteiger partial charge in [0.2, 0.25) is 0 Å². The van der Waals surface area contributed by atoms with Crippen LogP contribution in [0.25, 0.3) is 50.4 Å². The first-order valence-corrected chi connectivity index (χ1v) is 17.2. The van der Waals surface area contributed by atoms with Crippen molar-refractivity contribution >= 4 is 17.0 Å². The molecule has 8 rings (SSSR count). The molecule has 3 heteroatoms. The third-order valence-corrected chi connectivity index (χ3v) is 9.47. The van der Waals surface area contributed by atoms with Crippen LogP contribution in [0.3, 0.4) is 0 Å². The van der Waals surface area contributed by atoms with Gasteiger partial charge in [0, 0.05) is 23.2 Å². The predicted molar refractivity (Wildman–Crippen MR) is 209 cm³/mol. The molecule has 0 aliphatic heterocycles. The van der Waals surface area contributed by atoms with Crippen LogP contribution in [0.5, 0.6) is 0 Å². The van der Waals surface area contributed by atoms with E-state index in [2.05, 4.69) is 194 Å². The van der Waals surface area contributed by atoms with Gasteiger partial charge in [0.1, 0.15) is 5.65 Å². The number of hydrogen-bond acceptors (Lipinski definition) is 2. The number of hydrogen-bond donors (Lipinski definition) is 0. The number of benzene rings is 6. The molecule has 240 valence electrons. The highest BCUT2D eigenvalue weighted by Gasteiger charge is 2.19. The summed E-state index contributed by atoms with van der Waals surface area (Å²) in [4.78, 5) is 10.4. The molecule has 2 heterocycles. The van der Waals surface area contributed by atoms with Crippen LogP contribution in [-0.4, -0.2) is 15.1 Å². The van der Waals surface area contributed by atoms with E-state index in [0.717, 1.165) is 56.3 Å². The number of imidazole rings is 1. The Morgan fingerprint density at radius 2 is 1.10 bits per heavy atom. The highest BCUT2D eigenvalue weighted by atomic mass is 15.0. The lowest BCUT2D eigenvalue weighted by Crippen LogP contribution is -2.11. The van der Waals surface area contributed by atoms with Crippen molar-refractivity contribution < 1.29 is 0 Å². The van der Waals surface area contributed by atoms with Crippen LogP contribution in [0.2, 0.25) is 0 Å². The summed E-state index contributed by atoms with van der Waals surface area (Å²) in [5.41, 5.74) is 15.5. The summed E-state index contributed by atoms with van der Waals surface area (Å²) in [6.45, 7) is 4.40. The Morgan fingerprint density at radius 3 is 1.78 bits per heavy atom. The predicted octanol–water partition coefficient (Wildman–Crippen LogP) is 12.2. The van der Waals surface area contributed by atoms with Crippen molar-refractivity contribution in [2.24, 2.45) is 4.99 Å². The Bertz CT molecular complexity index is 2420. The molecule has 0 aliphatic carbocycles. The number of fused-ring (bicyclic) bond motifs is 1. The van der Waals surface area contributed by atoms with Crippen molar-refractivity contribution in [3.05, 3.63) is 199 Å². The molecule has 0 saturated carbocycles. The molecular formula is C47H37N3. The summed E-state index contributed by atoms with van der Waals surface area (Å²) in [6, 6.07) is 62.1. The van der Waals surface area contributed by atoms with Crippen LogP contribution in [0, 0.1) is 6.92 Å². The molecule has 8 aromatic rings. The summed E-state index contributed by atoms with van der Waals surface area (Å²) >= 11 is 0. The van der Waals surface area contributed by atoms with E-state index < -0.39 is 0 Å². The molecule has 0 amide bonds. The van der Waals surface area contributed by atoms with Gasteiger partial charge in [-0.25, -0.2) is 4.98 Å². The molecule has 0 aliphatic rings. The summed E-state index contributed by atoms with van der Waals surface area (Å²) in [5.74, 6) is 0.0325. The molecule has 0 bridgehead atoms. The van der Waals surface area contributed by atoms with E-state index >= 15 is 0 Å². The summed E-state index contributed by atoms with van der Waals surface area (Å²) < 4.78 is 2.18. The third kappa shape index (κ3) is 6.18. The highest BCUT2D eigenvalue weighted by Crippen LogP contribution is 2.37. The normalized spacial score (nSPS) is 12.2. The van der Waals surface area contributed by atoms with Gasteiger partial charge < -0.3 is 0 Å². The van der Waals surface area contributed by atoms with Gasteiger partial charge in [-0.15, -0.1) is 0 Å². The lowest BCUT2D eigenvalue weighted by Gasteiger charge is -2.19. The van der Waals surface area contributed by atoms with Crippen molar-refractivity contribution in [3.63, 3.8) is 0 Å². The van der Waals surface area contributed by atoms with Crippen LogP contribution in [0.4, 0.5) is 5.69 Å². The van der Waals surface area contributed by atoms with Gasteiger partial charge in [0.05, 0.1) is 22.8 Å². The number of rotatable bonds is 8. The summed E-state index contributed by atoms with van der Waals surface area (Å²) in [5, 5.41) is 0. The molecular weight excluding hydrogens is 607 g/mol. The smallest absolute Gasteiger partial charge is 0.137 e. The van der Waals surface area contributed by atoms with E-state index in [1.54, 1.807) is 0 Å². The van der Waals surface area contributed by atoms with Gasteiger partial charge in [-0.3, -0.25) is 9.39 Å². The van der Waals surface area contributed by atoms with Crippen molar-refractivity contribution in [3.8, 4) is 44.8 Å². The second kappa shape index (κ2) is 13.7. The van der Waals surface area contributed by atoms with Gasteiger partial charge in [-0.1, -0.05) is 159 Å². The van der Waals surface area contributed by atoms with Gasteiger partial charge in [0.15, 0.2) is 0 Å². The van der Waals surface area contributed by atoms with E-state index in [1.807, 2.05) is 6.07 Å². The highest BCUT2D eigenvalue weighted by molar-refractivity contribution is 6.06. The molecule has 0 saturated heterocycles. The summed E-state index contributed by atoms with van der Waals surface area (Å²) in [6.07, 6.45) is 2.09. The van der Waals surface area contributed by atoms with Gasteiger partial charge >= 0.3 is 0 Å². The fourth-order valence-electron chi connectivity index (χ4n) is 6.75. The Morgan fingerprint density at radius 1 is 0.540 bits per heavy atom. The van der Waals surface area contributed by atoms with Crippen LogP contribution < -0.4 is 0 Å². The van der Waals surface area contributed by atoms with E-state index in [9.17, 15) is 0 Å². The number of pyridine rings is 1. The number of aliphatic imine (C=N–C) groups is 1. The maximum absolute atomic E-state index is 5.31. The monoisotopic (exact) mass is 643 g/mol. The molecule has 3 nitrogen and oxygen atoms in total. The second-order valence-electron chi connectivity index (χ2n) is 12.8. The molecule has 6 aromatic carbocycles. The second-order valence-corrected chi connectivity index (χ2v) is 12.8. The zero-order valence-corrected chi connectivity index (χ0v) is 28.2. The lowest BCUT2D eigenvalue weighted by atomic mass is 9.86. The molecule has 50 heavy (non-hydrogen) atoms. The van der Waals surface area contributed by atoms with E-state index in [-0.39, 0.29) is 5.92 Å². The van der Waals surface area contributed by atoms with E-state index in [4.69, 9.17) is 9.98 Å². The molecule has 0 fully saturated rings. The zero-order valence-electron chi connectivity index (χ0n) is 28.2. The Hall–Kier alpha value is -6.32. The molecule has 1 atom stereocenters. The zero-order chi connectivity index (χ0) is 33.9. The molecule has 1 unspecified atom stereocenters. The maximum Gasteiger partial charge on any atom is 0.137 e. The number of para-hydroxylation sites is 1.